The molecule has 25 heavy (non-hydrogen) atoms. The quantitative estimate of drug-likeness (QED) is 0.780. The summed E-state index contributed by atoms with van der Waals surface area (Å²) in [5, 5.41) is 12.6. The highest BCUT2D eigenvalue weighted by molar-refractivity contribution is 5.78. The van der Waals surface area contributed by atoms with E-state index in [0.717, 1.165) is 52.1 Å². The van der Waals surface area contributed by atoms with Crippen LogP contribution in [0.25, 0.3) is 0 Å². The van der Waals surface area contributed by atoms with Gasteiger partial charge in [-0.15, -0.1) is 0 Å². The first-order valence-electron chi connectivity index (χ1n) is 9.52. The van der Waals surface area contributed by atoms with E-state index in [2.05, 4.69) is 39.4 Å². The molecule has 1 atom stereocenters. The third-order valence-electron chi connectivity index (χ3n) is 5.68. The third kappa shape index (κ3) is 4.81. The first-order chi connectivity index (χ1) is 12.1. The molecule has 2 N–H and O–H groups in total. The Morgan fingerprint density at radius 3 is 2.36 bits per heavy atom. The Kier molecular flexibility index (Phi) is 6.10. The van der Waals surface area contributed by atoms with Crippen molar-refractivity contribution in [2.45, 2.75) is 37.7 Å². The Morgan fingerprint density at radius 2 is 1.80 bits per heavy atom. The van der Waals surface area contributed by atoms with Crippen LogP contribution in [0.3, 0.4) is 0 Å². The largest absolute Gasteiger partial charge is 0.392 e. The van der Waals surface area contributed by atoms with E-state index in [9.17, 15) is 9.90 Å². The van der Waals surface area contributed by atoms with Gasteiger partial charge >= 0.3 is 0 Å². The number of benzene rings is 1. The molecule has 1 amide bonds. The van der Waals surface area contributed by atoms with Gasteiger partial charge in [-0.3, -0.25) is 14.6 Å². The number of rotatable bonds is 7. The topological polar surface area (TPSA) is 55.8 Å². The monoisotopic (exact) mass is 345 g/mol. The average Bonchev–Trinajstić information content (AvgIpc) is 2.56. The highest BCUT2D eigenvalue weighted by Gasteiger charge is 2.38. The summed E-state index contributed by atoms with van der Waals surface area (Å²) >= 11 is 0. The number of aliphatic hydroxyl groups excluding tert-OH is 1. The summed E-state index contributed by atoms with van der Waals surface area (Å²) in [6.45, 7) is 7.40. The molecule has 5 heteroatoms. The van der Waals surface area contributed by atoms with E-state index in [1.807, 2.05) is 13.0 Å². The van der Waals surface area contributed by atoms with Crippen LogP contribution in [-0.2, 0) is 10.2 Å². The molecule has 3 rings (SSSR count). The number of aliphatic hydroxyl groups is 1. The van der Waals surface area contributed by atoms with Crippen LogP contribution in [0.15, 0.2) is 30.3 Å². The fourth-order valence-corrected chi connectivity index (χ4v) is 3.99. The minimum atomic E-state index is -0.286. The van der Waals surface area contributed by atoms with E-state index >= 15 is 0 Å². The van der Waals surface area contributed by atoms with E-state index in [1.54, 1.807) is 0 Å². The first kappa shape index (κ1) is 18.4. The van der Waals surface area contributed by atoms with Crippen molar-refractivity contribution < 1.29 is 9.90 Å². The van der Waals surface area contributed by atoms with E-state index in [1.165, 1.54) is 12.0 Å². The number of carbonyl (C=O) groups excluding carboxylic acids is 1. The molecule has 2 fully saturated rings. The van der Waals surface area contributed by atoms with Crippen LogP contribution < -0.4 is 5.32 Å². The molecular formula is C20H31N3O2. The van der Waals surface area contributed by atoms with Crippen molar-refractivity contribution >= 4 is 5.91 Å². The summed E-state index contributed by atoms with van der Waals surface area (Å²) in [5.41, 5.74) is 1.50. The number of piperazine rings is 1. The molecule has 5 nitrogen and oxygen atoms in total. The van der Waals surface area contributed by atoms with Crippen LogP contribution in [0.1, 0.15) is 31.7 Å². The van der Waals surface area contributed by atoms with Gasteiger partial charge in [0.15, 0.2) is 0 Å². The van der Waals surface area contributed by atoms with Crippen LogP contribution in [0.4, 0.5) is 0 Å². The number of hydrogen-bond donors (Lipinski definition) is 2. The zero-order valence-electron chi connectivity index (χ0n) is 15.3. The highest BCUT2D eigenvalue weighted by Crippen LogP contribution is 2.43. The van der Waals surface area contributed by atoms with Gasteiger partial charge in [-0.25, -0.2) is 0 Å². The molecule has 2 aliphatic rings. The summed E-state index contributed by atoms with van der Waals surface area (Å²) in [6, 6.07) is 10.6. The summed E-state index contributed by atoms with van der Waals surface area (Å²) in [7, 11) is 0. The normalized spacial score (nSPS) is 22.2. The second-order valence-electron chi connectivity index (χ2n) is 7.70. The van der Waals surface area contributed by atoms with E-state index in [0.29, 0.717) is 6.54 Å². The molecule has 0 unspecified atom stereocenters. The van der Waals surface area contributed by atoms with Crippen LogP contribution >= 0.6 is 0 Å². The molecule has 0 aromatic heterocycles. The lowest BCUT2D eigenvalue weighted by Crippen LogP contribution is -2.52. The lowest BCUT2D eigenvalue weighted by molar-refractivity contribution is -0.123. The third-order valence-corrected chi connectivity index (χ3v) is 5.68. The Bertz CT molecular complexity index is 549. The Hall–Kier alpha value is -1.43. The number of hydrogen-bond acceptors (Lipinski definition) is 4. The SMILES string of the molecule is C[C@@H](O)CN1CCN(CC(=O)NCC2(c3ccccc3)CCC2)CC1. The van der Waals surface area contributed by atoms with Crippen LogP contribution in [-0.4, -0.2) is 72.7 Å². The molecule has 1 heterocycles. The Balaban J connectivity index is 1.43. The molecule has 1 aromatic rings. The van der Waals surface area contributed by atoms with Gasteiger partial charge in [0.25, 0.3) is 0 Å². The van der Waals surface area contributed by atoms with Crippen molar-refractivity contribution in [2.75, 3.05) is 45.8 Å². The molecule has 0 radical (unpaired) electrons. The molecule has 1 saturated heterocycles. The first-order valence-corrected chi connectivity index (χ1v) is 9.52. The van der Waals surface area contributed by atoms with Gasteiger partial charge in [0.2, 0.25) is 5.91 Å². The Morgan fingerprint density at radius 1 is 1.16 bits per heavy atom. The van der Waals surface area contributed by atoms with E-state index in [4.69, 9.17) is 0 Å². The molecule has 1 aromatic carbocycles. The molecule has 0 bridgehead atoms. The molecule has 1 saturated carbocycles. The van der Waals surface area contributed by atoms with Gasteiger partial charge in [-0.05, 0) is 25.3 Å². The van der Waals surface area contributed by atoms with Crippen molar-refractivity contribution in [2.24, 2.45) is 0 Å². The van der Waals surface area contributed by atoms with Gasteiger partial charge in [-0.2, -0.15) is 0 Å². The summed E-state index contributed by atoms with van der Waals surface area (Å²) in [5.74, 6) is 0.131. The number of amides is 1. The van der Waals surface area contributed by atoms with Crippen LogP contribution in [0.2, 0.25) is 0 Å². The van der Waals surface area contributed by atoms with Crippen molar-refractivity contribution in [1.82, 2.24) is 15.1 Å². The van der Waals surface area contributed by atoms with Gasteiger partial charge in [0.1, 0.15) is 0 Å². The molecular weight excluding hydrogens is 314 g/mol. The van der Waals surface area contributed by atoms with Gasteiger partial charge in [0, 0.05) is 44.7 Å². The van der Waals surface area contributed by atoms with Gasteiger partial charge < -0.3 is 10.4 Å². The second kappa shape index (κ2) is 8.30. The predicted octanol–water partition coefficient (Wildman–Crippen LogP) is 1.22. The van der Waals surface area contributed by atoms with Gasteiger partial charge in [0.05, 0.1) is 12.6 Å². The van der Waals surface area contributed by atoms with E-state index in [-0.39, 0.29) is 17.4 Å². The average molecular weight is 345 g/mol. The van der Waals surface area contributed by atoms with E-state index < -0.39 is 0 Å². The summed E-state index contributed by atoms with van der Waals surface area (Å²) in [4.78, 5) is 16.9. The van der Waals surface area contributed by atoms with Crippen LogP contribution in [0.5, 0.6) is 0 Å². The number of nitrogens with one attached hydrogen (secondary N) is 1. The maximum Gasteiger partial charge on any atom is 0.234 e. The number of nitrogens with zero attached hydrogens (tertiary/aromatic N) is 2. The van der Waals surface area contributed by atoms with Gasteiger partial charge in [-0.1, -0.05) is 36.8 Å². The minimum absolute atomic E-state index is 0.131. The Labute approximate surface area is 151 Å². The molecule has 138 valence electrons. The van der Waals surface area contributed by atoms with Crippen molar-refractivity contribution in [3.8, 4) is 0 Å². The number of carbonyl (C=O) groups is 1. The smallest absolute Gasteiger partial charge is 0.234 e. The lowest BCUT2D eigenvalue weighted by atomic mass is 9.64. The summed E-state index contributed by atoms with van der Waals surface area (Å²) < 4.78 is 0. The standard InChI is InChI=1S/C20H31N3O2/c1-17(24)14-22-10-12-23(13-11-22)15-19(25)21-16-20(8-5-9-20)18-6-3-2-4-7-18/h2-4,6-7,17,24H,5,8-16H2,1H3,(H,21,25)/t17-/m1/s1. The maximum absolute atomic E-state index is 12.4. The van der Waals surface area contributed by atoms with Crippen LogP contribution in [0, 0.1) is 0 Å². The predicted molar refractivity (Wildman–Crippen MR) is 99.5 cm³/mol. The maximum atomic E-state index is 12.4. The van der Waals surface area contributed by atoms with Crippen molar-refractivity contribution in [3.05, 3.63) is 35.9 Å². The highest BCUT2D eigenvalue weighted by atomic mass is 16.3. The zero-order valence-corrected chi connectivity index (χ0v) is 15.3. The fourth-order valence-electron chi connectivity index (χ4n) is 3.99. The molecule has 1 aliphatic carbocycles. The minimum Gasteiger partial charge on any atom is -0.392 e. The number of β-amino-alcohol motifs (C(OH)–C–C–N with tert-alkyl or cyclic N) is 1. The fraction of sp³-hybridized carbons (Fsp3) is 0.650. The summed E-state index contributed by atoms with van der Waals surface area (Å²) in [6.07, 6.45) is 3.28. The van der Waals surface area contributed by atoms with Crippen molar-refractivity contribution in [3.63, 3.8) is 0 Å². The second-order valence-corrected chi connectivity index (χ2v) is 7.70. The zero-order chi connectivity index (χ0) is 17.7. The molecule has 0 spiro atoms. The van der Waals surface area contributed by atoms with Crippen molar-refractivity contribution in [1.29, 1.82) is 0 Å². The lowest BCUT2D eigenvalue weighted by Gasteiger charge is -2.43. The molecule has 1 aliphatic heterocycles.